The lowest BCUT2D eigenvalue weighted by Gasteiger charge is -2.37. The highest BCUT2D eigenvalue weighted by molar-refractivity contribution is 6.29. The zero-order valence-corrected chi connectivity index (χ0v) is 16.1. The molecule has 1 fully saturated rings. The third kappa shape index (κ3) is 3.94. The predicted molar refractivity (Wildman–Crippen MR) is 98.7 cm³/mol. The molecule has 3 heterocycles. The molecule has 0 amide bonds. The zero-order valence-electron chi connectivity index (χ0n) is 15.4. The van der Waals surface area contributed by atoms with E-state index in [1.54, 1.807) is 12.3 Å². The molecular weight excluding hydrogens is 356 g/mol. The van der Waals surface area contributed by atoms with Crippen LogP contribution in [0.25, 0.3) is 0 Å². The van der Waals surface area contributed by atoms with Crippen LogP contribution in [-0.4, -0.2) is 45.6 Å². The lowest BCUT2D eigenvalue weighted by molar-refractivity contribution is -0.439. The van der Waals surface area contributed by atoms with E-state index in [4.69, 9.17) is 16.3 Å². The van der Waals surface area contributed by atoms with E-state index < -0.39 is 0 Å². The van der Waals surface area contributed by atoms with Crippen molar-refractivity contribution in [3.05, 3.63) is 50.7 Å². The average Bonchev–Trinajstić information content (AvgIpc) is 2.98. The first-order valence-electron chi connectivity index (χ1n) is 8.99. The van der Waals surface area contributed by atoms with E-state index in [1.807, 2.05) is 13.0 Å². The minimum absolute atomic E-state index is 0.112. The van der Waals surface area contributed by atoms with Crippen molar-refractivity contribution in [1.29, 1.82) is 0 Å². The van der Waals surface area contributed by atoms with Crippen LogP contribution in [0, 0.1) is 22.0 Å². The van der Waals surface area contributed by atoms with Gasteiger partial charge in [0.1, 0.15) is 11.4 Å². The highest BCUT2D eigenvalue weighted by atomic mass is 35.5. The van der Waals surface area contributed by atoms with Gasteiger partial charge >= 0.3 is 0 Å². The minimum atomic E-state index is -0.232. The summed E-state index contributed by atoms with van der Waals surface area (Å²) < 4.78 is 6.08. The van der Waals surface area contributed by atoms with Crippen molar-refractivity contribution in [3.8, 4) is 0 Å². The molecule has 0 aliphatic carbocycles. The SMILES string of the molecule is CC(C)COC1CC(C)C([N+](=O)[O-])=C2N(Cc3ccc(Cl)nc3)CCN21. The Balaban J connectivity index is 1.87. The Kier molecular flexibility index (Phi) is 5.67. The second kappa shape index (κ2) is 7.80. The van der Waals surface area contributed by atoms with Crippen molar-refractivity contribution in [1.82, 2.24) is 14.8 Å². The van der Waals surface area contributed by atoms with Crippen LogP contribution in [0.1, 0.15) is 32.8 Å². The van der Waals surface area contributed by atoms with Crippen LogP contribution in [0.15, 0.2) is 29.8 Å². The molecular formula is C18H25ClN4O3. The highest BCUT2D eigenvalue weighted by Gasteiger charge is 2.45. The van der Waals surface area contributed by atoms with Gasteiger partial charge in [0.05, 0.1) is 17.4 Å². The quantitative estimate of drug-likeness (QED) is 0.428. The molecule has 1 aromatic heterocycles. The van der Waals surface area contributed by atoms with Gasteiger partial charge in [-0.1, -0.05) is 38.4 Å². The van der Waals surface area contributed by atoms with Crippen molar-refractivity contribution in [2.45, 2.75) is 40.0 Å². The molecule has 2 aliphatic heterocycles. The van der Waals surface area contributed by atoms with Gasteiger partial charge in [-0.3, -0.25) is 10.1 Å². The number of fused-ring (bicyclic) bond motifs is 1. The molecule has 0 saturated carbocycles. The van der Waals surface area contributed by atoms with Crippen LogP contribution in [0.4, 0.5) is 0 Å². The van der Waals surface area contributed by atoms with Gasteiger partial charge in [0.15, 0.2) is 5.82 Å². The Bertz CT molecular complexity index is 692. The van der Waals surface area contributed by atoms with Crippen LogP contribution in [0.2, 0.25) is 5.15 Å². The van der Waals surface area contributed by atoms with E-state index in [0.29, 0.717) is 36.5 Å². The number of allylic oxidation sites excluding steroid dienone is 1. The maximum absolute atomic E-state index is 11.7. The molecule has 2 aliphatic rings. The van der Waals surface area contributed by atoms with E-state index in [2.05, 4.69) is 28.6 Å². The van der Waals surface area contributed by atoms with E-state index in [9.17, 15) is 10.1 Å². The molecule has 2 atom stereocenters. The fourth-order valence-corrected chi connectivity index (χ4v) is 3.68. The topological polar surface area (TPSA) is 71.7 Å². The van der Waals surface area contributed by atoms with Crippen LogP contribution < -0.4 is 0 Å². The van der Waals surface area contributed by atoms with Crippen molar-refractivity contribution in [2.75, 3.05) is 19.7 Å². The average molecular weight is 381 g/mol. The number of aromatic nitrogens is 1. The number of nitro groups is 1. The maximum Gasteiger partial charge on any atom is 0.289 e. The van der Waals surface area contributed by atoms with Crippen LogP contribution in [0.3, 0.4) is 0 Å². The van der Waals surface area contributed by atoms with Gasteiger partial charge in [-0.05, 0) is 17.5 Å². The first kappa shape index (κ1) is 18.9. The number of ether oxygens (including phenoxy) is 1. The van der Waals surface area contributed by atoms with Gasteiger partial charge in [-0.25, -0.2) is 4.98 Å². The summed E-state index contributed by atoms with van der Waals surface area (Å²) in [6.07, 6.45) is 2.25. The van der Waals surface area contributed by atoms with Crippen molar-refractivity contribution < 1.29 is 9.66 Å². The van der Waals surface area contributed by atoms with E-state index in [0.717, 1.165) is 18.7 Å². The van der Waals surface area contributed by atoms with Crippen molar-refractivity contribution in [3.63, 3.8) is 0 Å². The Morgan fingerprint density at radius 2 is 2.19 bits per heavy atom. The summed E-state index contributed by atoms with van der Waals surface area (Å²) >= 11 is 5.85. The number of hydrogen-bond acceptors (Lipinski definition) is 6. The van der Waals surface area contributed by atoms with Crippen LogP contribution in [0.5, 0.6) is 0 Å². The van der Waals surface area contributed by atoms with Crippen molar-refractivity contribution >= 4 is 11.6 Å². The molecule has 1 aromatic rings. The van der Waals surface area contributed by atoms with Crippen LogP contribution in [-0.2, 0) is 11.3 Å². The second-order valence-corrected chi connectivity index (χ2v) is 7.78. The lowest BCUT2D eigenvalue weighted by atomic mass is 9.98. The molecule has 0 bridgehead atoms. The largest absolute Gasteiger partial charge is 0.358 e. The van der Waals surface area contributed by atoms with E-state index >= 15 is 0 Å². The molecule has 142 valence electrons. The Hall–Kier alpha value is -1.86. The predicted octanol–water partition coefficient (Wildman–Crippen LogP) is 3.34. The zero-order chi connectivity index (χ0) is 18.8. The fourth-order valence-electron chi connectivity index (χ4n) is 3.57. The summed E-state index contributed by atoms with van der Waals surface area (Å²) in [7, 11) is 0. The summed E-state index contributed by atoms with van der Waals surface area (Å²) in [4.78, 5) is 19.7. The van der Waals surface area contributed by atoms with Crippen LogP contribution >= 0.6 is 11.6 Å². The summed E-state index contributed by atoms with van der Waals surface area (Å²) in [6.45, 7) is 8.79. The number of halogens is 1. The van der Waals surface area contributed by atoms with Gasteiger partial charge in [0, 0.05) is 32.3 Å². The lowest BCUT2D eigenvalue weighted by Crippen LogP contribution is -2.43. The number of hydrogen-bond donors (Lipinski definition) is 0. The second-order valence-electron chi connectivity index (χ2n) is 7.39. The summed E-state index contributed by atoms with van der Waals surface area (Å²) in [5.41, 5.74) is 1.26. The highest BCUT2D eigenvalue weighted by Crippen LogP contribution is 2.38. The Morgan fingerprint density at radius 3 is 2.81 bits per heavy atom. The maximum atomic E-state index is 11.7. The fraction of sp³-hybridized carbons (Fsp3) is 0.611. The molecule has 7 nitrogen and oxygen atoms in total. The first-order valence-corrected chi connectivity index (χ1v) is 9.36. The molecule has 1 saturated heterocycles. The third-order valence-corrected chi connectivity index (χ3v) is 4.99. The Labute approximate surface area is 158 Å². The first-order chi connectivity index (χ1) is 12.4. The summed E-state index contributed by atoms with van der Waals surface area (Å²) in [5.74, 6) is 0.961. The molecule has 0 aromatic carbocycles. The third-order valence-electron chi connectivity index (χ3n) is 4.76. The smallest absolute Gasteiger partial charge is 0.289 e. The standard InChI is InChI=1S/C18H25ClN4O3/c1-12(2)11-26-16-8-13(3)17(23(24)25)18-21(6-7-22(16)18)10-14-4-5-15(19)20-9-14/h4-5,9,12-13,16H,6-8,10-11H2,1-3H3. The van der Waals surface area contributed by atoms with E-state index in [1.165, 1.54) is 0 Å². The molecule has 26 heavy (non-hydrogen) atoms. The molecule has 0 spiro atoms. The van der Waals surface area contributed by atoms with Gasteiger partial charge < -0.3 is 14.5 Å². The number of pyridine rings is 1. The monoisotopic (exact) mass is 380 g/mol. The number of rotatable bonds is 6. The molecule has 2 unspecified atom stereocenters. The molecule has 0 N–H and O–H groups in total. The van der Waals surface area contributed by atoms with E-state index in [-0.39, 0.29) is 22.8 Å². The van der Waals surface area contributed by atoms with Gasteiger partial charge in [-0.2, -0.15) is 0 Å². The Morgan fingerprint density at radius 1 is 1.42 bits per heavy atom. The number of nitrogens with zero attached hydrogens (tertiary/aromatic N) is 4. The molecule has 0 radical (unpaired) electrons. The normalized spacial score (nSPS) is 23.0. The van der Waals surface area contributed by atoms with Crippen molar-refractivity contribution in [2.24, 2.45) is 11.8 Å². The van der Waals surface area contributed by atoms with Gasteiger partial charge in [-0.15, -0.1) is 0 Å². The van der Waals surface area contributed by atoms with Gasteiger partial charge in [0.25, 0.3) is 5.70 Å². The molecule has 3 rings (SSSR count). The van der Waals surface area contributed by atoms with Gasteiger partial charge in [0.2, 0.25) is 0 Å². The minimum Gasteiger partial charge on any atom is -0.358 e. The molecule has 8 heteroatoms. The summed E-state index contributed by atoms with van der Waals surface area (Å²) in [6, 6.07) is 3.65. The summed E-state index contributed by atoms with van der Waals surface area (Å²) in [5, 5.41) is 12.2.